The average molecular weight is 268 g/mol. The smallest absolute Gasteiger partial charge is 0.303 e. The van der Waals surface area contributed by atoms with E-state index >= 15 is 0 Å². The first-order valence-electron chi connectivity index (χ1n) is 6.48. The third-order valence-corrected chi connectivity index (χ3v) is 4.24. The van der Waals surface area contributed by atoms with Crippen LogP contribution in [0.1, 0.15) is 36.4 Å². The van der Waals surface area contributed by atoms with Gasteiger partial charge in [-0.2, -0.15) is 0 Å². The summed E-state index contributed by atoms with van der Waals surface area (Å²) >= 11 is 1.69. The summed E-state index contributed by atoms with van der Waals surface area (Å²) in [6.07, 6.45) is 3.45. The van der Waals surface area contributed by atoms with Crippen LogP contribution in [-0.2, 0) is 11.3 Å². The average Bonchev–Trinajstić information content (AvgIpc) is 2.73. The van der Waals surface area contributed by atoms with Gasteiger partial charge in [0.1, 0.15) is 0 Å². The van der Waals surface area contributed by atoms with Gasteiger partial charge < -0.3 is 5.11 Å². The number of carboxylic acids is 1. The first-order chi connectivity index (χ1) is 8.63. The van der Waals surface area contributed by atoms with Crippen LogP contribution in [0.25, 0.3) is 0 Å². The molecule has 1 saturated heterocycles. The Hall–Kier alpha value is -0.940. The number of rotatable bonds is 5. The van der Waals surface area contributed by atoms with Gasteiger partial charge >= 0.3 is 5.97 Å². The molecule has 1 aromatic heterocycles. The Labute approximate surface area is 112 Å². The molecule has 2 rings (SSSR count). The van der Waals surface area contributed by atoms with Gasteiger partial charge in [0.05, 0.1) is 10.7 Å². The number of aliphatic carboxylic acids is 1. The predicted molar refractivity (Wildman–Crippen MR) is 71.7 cm³/mol. The second-order valence-corrected chi connectivity index (χ2v) is 6.10. The van der Waals surface area contributed by atoms with E-state index in [4.69, 9.17) is 5.11 Å². The monoisotopic (exact) mass is 268 g/mol. The summed E-state index contributed by atoms with van der Waals surface area (Å²) < 4.78 is 0. The Balaban J connectivity index is 1.81. The lowest BCUT2D eigenvalue weighted by Crippen LogP contribution is -2.35. The van der Waals surface area contributed by atoms with E-state index in [0.29, 0.717) is 12.3 Å². The molecule has 1 aromatic rings. The number of hydrogen-bond donors (Lipinski definition) is 1. The number of aryl methyl sites for hydroxylation is 1. The molecule has 1 N–H and O–H groups in total. The minimum absolute atomic E-state index is 0.300. The molecule has 1 aliphatic rings. The van der Waals surface area contributed by atoms with Crippen molar-refractivity contribution < 1.29 is 9.90 Å². The fourth-order valence-electron chi connectivity index (χ4n) is 2.57. The lowest BCUT2D eigenvalue weighted by molar-refractivity contribution is -0.137. The van der Waals surface area contributed by atoms with Crippen molar-refractivity contribution in [3.63, 3.8) is 0 Å². The van der Waals surface area contributed by atoms with Gasteiger partial charge in [-0.25, -0.2) is 4.98 Å². The molecule has 4 nitrogen and oxygen atoms in total. The largest absolute Gasteiger partial charge is 0.481 e. The summed E-state index contributed by atoms with van der Waals surface area (Å²) in [6.45, 7) is 5.07. The molecule has 0 bridgehead atoms. The Morgan fingerprint density at radius 2 is 2.50 bits per heavy atom. The molecule has 0 spiro atoms. The van der Waals surface area contributed by atoms with Crippen LogP contribution in [-0.4, -0.2) is 34.0 Å². The summed E-state index contributed by atoms with van der Waals surface area (Å²) in [4.78, 5) is 17.5. The van der Waals surface area contributed by atoms with E-state index in [1.807, 2.05) is 6.92 Å². The van der Waals surface area contributed by atoms with Gasteiger partial charge in [0.15, 0.2) is 0 Å². The quantitative estimate of drug-likeness (QED) is 0.891. The van der Waals surface area contributed by atoms with Crippen molar-refractivity contribution in [2.45, 2.75) is 39.2 Å². The Morgan fingerprint density at radius 1 is 1.67 bits per heavy atom. The highest BCUT2D eigenvalue weighted by Crippen LogP contribution is 2.22. The second kappa shape index (κ2) is 6.29. The van der Waals surface area contributed by atoms with E-state index < -0.39 is 5.97 Å². The van der Waals surface area contributed by atoms with Crippen LogP contribution in [0.3, 0.4) is 0 Å². The lowest BCUT2D eigenvalue weighted by Gasteiger charge is -2.32. The highest BCUT2D eigenvalue weighted by atomic mass is 32.1. The van der Waals surface area contributed by atoms with E-state index in [2.05, 4.69) is 15.3 Å². The van der Waals surface area contributed by atoms with E-state index in [1.165, 1.54) is 12.8 Å². The minimum Gasteiger partial charge on any atom is -0.481 e. The van der Waals surface area contributed by atoms with Gasteiger partial charge in [-0.15, -0.1) is 11.3 Å². The number of carboxylic acid groups (broad SMARTS) is 1. The normalized spacial score (nSPS) is 21.1. The summed E-state index contributed by atoms with van der Waals surface area (Å²) in [6, 6.07) is 0. The summed E-state index contributed by atoms with van der Waals surface area (Å²) in [5, 5.41) is 12.0. The molecular formula is C13H20N2O2S. The molecular weight excluding hydrogens is 248 g/mol. The third-order valence-electron chi connectivity index (χ3n) is 3.42. The molecule has 0 radical (unpaired) electrons. The number of aromatic nitrogens is 1. The summed E-state index contributed by atoms with van der Waals surface area (Å²) in [7, 11) is 0. The van der Waals surface area contributed by atoms with E-state index in [-0.39, 0.29) is 0 Å². The van der Waals surface area contributed by atoms with Crippen LogP contribution in [0, 0.1) is 12.8 Å². The maximum Gasteiger partial charge on any atom is 0.303 e. The number of carbonyl (C=O) groups is 1. The van der Waals surface area contributed by atoms with Crippen molar-refractivity contribution in [1.29, 1.82) is 0 Å². The van der Waals surface area contributed by atoms with Crippen LogP contribution in [0.15, 0.2) is 5.38 Å². The second-order valence-electron chi connectivity index (χ2n) is 5.03. The molecule has 2 heterocycles. The SMILES string of the molecule is Cc1nc(CN2CCCC(CCC(=O)O)C2)cs1. The van der Waals surface area contributed by atoms with Crippen molar-refractivity contribution in [1.82, 2.24) is 9.88 Å². The number of likely N-dealkylation sites (tertiary alicyclic amines) is 1. The molecule has 18 heavy (non-hydrogen) atoms. The fourth-order valence-corrected chi connectivity index (χ4v) is 3.17. The highest BCUT2D eigenvalue weighted by molar-refractivity contribution is 7.09. The Bertz CT molecular complexity index is 405. The topological polar surface area (TPSA) is 53.4 Å². The van der Waals surface area contributed by atoms with Crippen LogP contribution in [0.5, 0.6) is 0 Å². The van der Waals surface area contributed by atoms with Gasteiger partial charge in [-0.1, -0.05) is 0 Å². The molecule has 5 heteroatoms. The molecule has 0 aromatic carbocycles. The standard InChI is InChI=1S/C13H20N2O2S/c1-10-14-12(9-18-10)8-15-6-2-3-11(7-15)4-5-13(16)17/h9,11H,2-8H2,1H3,(H,16,17). The van der Waals surface area contributed by atoms with Crippen molar-refractivity contribution in [2.24, 2.45) is 5.92 Å². The van der Waals surface area contributed by atoms with E-state index in [1.54, 1.807) is 11.3 Å². The van der Waals surface area contributed by atoms with Crippen molar-refractivity contribution in [3.05, 3.63) is 16.1 Å². The van der Waals surface area contributed by atoms with E-state index in [9.17, 15) is 4.79 Å². The van der Waals surface area contributed by atoms with E-state index in [0.717, 1.165) is 36.8 Å². The zero-order chi connectivity index (χ0) is 13.0. The fraction of sp³-hybridized carbons (Fsp3) is 0.692. The van der Waals surface area contributed by atoms with Crippen LogP contribution < -0.4 is 0 Å². The molecule has 1 aliphatic heterocycles. The molecule has 1 unspecified atom stereocenters. The zero-order valence-corrected chi connectivity index (χ0v) is 11.6. The lowest BCUT2D eigenvalue weighted by atomic mass is 9.93. The van der Waals surface area contributed by atoms with Gasteiger partial charge in [0.25, 0.3) is 0 Å². The number of piperidine rings is 1. The Morgan fingerprint density at radius 3 is 3.17 bits per heavy atom. The van der Waals surface area contributed by atoms with Gasteiger partial charge in [0, 0.05) is 24.9 Å². The zero-order valence-electron chi connectivity index (χ0n) is 10.8. The molecule has 1 fully saturated rings. The van der Waals surface area contributed by atoms with Crippen molar-refractivity contribution >= 4 is 17.3 Å². The first kappa shape index (κ1) is 13.5. The number of nitrogens with zero attached hydrogens (tertiary/aromatic N) is 2. The summed E-state index contributed by atoms with van der Waals surface area (Å²) in [5.74, 6) is -0.142. The number of hydrogen-bond acceptors (Lipinski definition) is 4. The minimum atomic E-state index is -0.678. The van der Waals surface area contributed by atoms with Gasteiger partial charge in [-0.3, -0.25) is 9.69 Å². The molecule has 0 amide bonds. The van der Waals surface area contributed by atoms with Crippen molar-refractivity contribution in [3.8, 4) is 0 Å². The molecule has 1 atom stereocenters. The summed E-state index contributed by atoms with van der Waals surface area (Å²) in [5.41, 5.74) is 1.15. The number of thiazole rings is 1. The predicted octanol–water partition coefficient (Wildman–Crippen LogP) is 2.53. The van der Waals surface area contributed by atoms with Crippen LogP contribution in [0.2, 0.25) is 0 Å². The maximum atomic E-state index is 10.6. The molecule has 0 saturated carbocycles. The van der Waals surface area contributed by atoms with Crippen LogP contribution in [0.4, 0.5) is 0 Å². The Kier molecular flexibility index (Phi) is 4.72. The van der Waals surface area contributed by atoms with Crippen molar-refractivity contribution in [2.75, 3.05) is 13.1 Å². The molecule has 100 valence electrons. The molecule has 0 aliphatic carbocycles. The van der Waals surface area contributed by atoms with Crippen LogP contribution >= 0.6 is 11.3 Å². The van der Waals surface area contributed by atoms with Gasteiger partial charge in [0.2, 0.25) is 0 Å². The first-order valence-corrected chi connectivity index (χ1v) is 7.36. The maximum absolute atomic E-state index is 10.6. The van der Waals surface area contributed by atoms with Gasteiger partial charge in [-0.05, 0) is 38.6 Å². The third kappa shape index (κ3) is 4.07. The highest BCUT2D eigenvalue weighted by Gasteiger charge is 2.21.